The van der Waals surface area contributed by atoms with Gasteiger partial charge in [0.15, 0.2) is 11.4 Å². The number of ether oxygens (including phenoxy) is 1. The quantitative estimate of drug-likeness (QED) is 0.152. The molecule has 0 atom stereocenters. The topological polar surface area (TPSA) is 118 Å². The predicted molar refractivity (Wildman–Crippen MR) is 186 cm³/mol. The minimum atomic E-state index is -0.463. The molecule has 0 aliphatic rings. The predicted octanol–water partition coefficient (Wildman–Crippen LogP) is 6.41. The lowest BCUT2D eigenvalue weighted by atomic mass is 10.1. The number of carbonyl (C=O) groups is 3. The van der Waals surface area contributed by atoms with Crippen LogP contribution in [0.5, 0.6) is 5.75 Å². The Morgan fingerprint density at radius 3 is 2.55 bits per heavy atom. The SMILES string of the molecule is Cc1nc2c(OCc3c(Cl)ccc(N(C)C(=O)CNC(=O)/C=C/c4ccc(C(=O)NCc5ccccn5)cc4)c3Cl)cccn2c1Br. The number of carbonyl (C=O) groups excluding carboxylic acids is 3. The van der Waals surface area contributed by atoms with Crippen molar-refractivity contribution in [2.45, 2.75) is 20.1 Å². The molecule has 0 saturated carbocycles. The number of hydrogen-bond donors (Lipinski definition) is 2. The standard InChI is InChI=1S/C34H29BrCl2N6O4/c1-21-32(35)43-17-5-7-28(33(43)41-21)47-20-25-26(36)13-14-27(31(25)37)42(2)30(45)19-39-29(44)15-10-22-8-11-23(12-9-22)34(46)40-18-24-6-3-4-16-38-24/h3-17H,18-20H2,1-2H3,(H,39,44)(H,40,46)/b15-10+. The highest BCUT2D eigenvalue weighted by Gasteiger charge is 2.20. The Morgan fingerprint density at radius 2 is 1.81 bits per heavy atom. The number of nitrogens with one attached hydrogen (secondary N) is 2. The molecule has 47 heavy (non-hydrogen) atoms. The zero-order valence-electron chi connectivity index (χ0n) is 25.3. The van der Waals surface area contributed by atoms with Gasteiger partial charge in [0.2, 0.25) is 11.8 Å². The van der Waals surface area contributed by atoms with Gasteiger partial charge in [-0.25, -0.2) is 4.98 Å². The molecule has 5 rings (SSSR count). The maximum absolute atomic E-state index is 13.0. The van der Waals surface area contributed by atoms with Crippen LogP contribution in [0.2, 0.25) is 10.0 Å². The van der Waals surface area contributed by atoms with Crippen LogP contribution in [0.4, 0.5) is 5.69 Å². The molecular weight excluding hydrogens is 707 g/mol. The van der Waals surface area contributed by atoms with E-state index in [1.807, 2.05) is 41.8 Å². The van der Waals surface area contributed by atoms with Crippen LogP contribution in [0.1, 0.15) is 32.9 Å². The van der Waals surface area contributed by atoms with Gasteiger partial charge in [0.1, 0.15) is 11.2 Å². The Labute approximate surface area is 289 Å². The molecule has 3 heterocycles. The van der Waals surface area contributed by atoms with E-state index in [9.17, 15) is 14.4 Å². The number of nitrogens with zero attached hydrogens (tertiary/aromatic N) is 4. The van der Waals surface area contributed by atoms with Crippen molar-refractivity contribution in [2.75, 3.05) is 18.5 Å². The number of likely N-dealkylation sites (N-methyl/N-ethyl adjacent to an activating group) is 1. The number of aryl methyl sites for hydroxylation is 1. The second kappa shape index (κ2) is 15.3. The Morgan fingerprint density at radius 1 is 1.02 bits per heavy atom. The molecule has 3 amide bonds. The monoisotopic (exact) mass is 734 g/mol. The van der Waals surface area contributed by atoms with Crippen LogP contribution in [0, 0.1) is 6.92 Å². The summed E-state index contributed by atoms with van der Waals surface area (Å²) < 4.78 is 8.75. The molecule has 2 aromatic carbocycles. The first-order chi connectivity index (χ1) is 22.6. The van der Waals surface area contributed by atoms with Crippen LogP contribution in [0.15, 0.2) is 89.8 Å². The summed E-state index contributed by atoms with van der Waals surface area (Å²) in [7, 11) is 1.56. The van der Waals surface area contributed by atoms with Crippen molar-refractivity contribution in [1.29, 1.82) is 0 Å². The number of anilines is 1. The largest absolute Gasteiger partial charge is 0.485 e. The lowest BCUT2D eigenvalue weighted by Gasteiger charge is -2.21. The molecule has 0 aliphatic heterocycles. The fourth-order valence-corrected chi connectivity index (χ4v) is 5.52. The number of hydrogen-bond acceptors (Lipinski definition) is 6. The highest BCUT2D eigenvalue weighted by Crippen LogP contribution is 2.35. The Bertz CT molecular complexity index is 1970. The smallest absolute Gasteiger partial charge is 0.251 e. The summed E-state index contributed by atoms with van der Waals surface area (Å²) in [5.74, 6) is -0.554. The summed E-state index contributed by atoms with van der Waals surface area (Å²) in [5.41, 5.74) is 4.30. The van der Waals surface area contributed by atoms with Crippen LogP contribution in [-0.4, -0.2) is 45.7 Å². The number of rotatable bonds is 11. The average molecular weight is 736 g/mol. The first kappa shape index (κ1) is 33.6. The number of fused-ring (bicyclic) bond motifs is 1. The van der Waals surface area contributed by atoms with Crippen LogP contribution in [0.25, 0.3) is 11.7 Å². The highest BCUT2D eigenvalue weighted by atomic mass is 79.9. The van der Waals surface area contributed by atoms with E-state index >= 15 is 0 Å². The molecule has 0 bridgehead atoms. The van der Waals surface area contributed by atoms with Crippen LogP contribution < -0.4 is 20.3 Å². The van der Waals surface area contributed by atoms with E-state index in [4.69, 9.17) is 27.9 Å². The molecule has 3 aromatic heterocycles. The minimum absolute atomic E-state index is 0.0368. The van der Waals surface area contributed by atoms with Crippen molar-refractivity contribution in [3.05, 3.63) is 128 Å². The maximum atomic E-state index is 13.0. The molecule has 0 aliphatic carbocycles. The van der Waals surface area contributed by atoms with Gasteiger partial charge in [0.05, 0.1) is 35.2 Å². The number of halogens is 3. The summed E-state index contributed by atoms with van der Waals surface area (Å²) in [5, 5.41) is 6.03. The van der Waals surface area contributed by atoms with Gasteiger partial charge < -0.3 is 20.3 Å². The van der Waals surface area contributed by atoms with E-state index in [1.165, 1.54) is 11.0 Å². The first-order valence-electron chi connectivity index (χ1n) is 14.4. The van der Waals surface area contributed by atoms with Gasteiger partial charge in [-0.05, 0) is 83.0 Å². The molecule has 0 spiro atoms. The molecule has 2 N–H and O–H groups in total. The van der Waals surface area contributed by atoms with Gasteiger partial charge in [-0.15, -0.1) is 0 Å². The van der Waals surface area contributed by atoms with Gasteiger partial charge in [0.25, 0.3) is 5.91 Å². The van der Waals surface area contributed by atoms with Crippen molar-refractivity contribution < 1.29 is 19.1 Å². The van der Waals surface area contributed by atoms with E-state index < -0.39 is 11.8 Å². The third kappa shape index (κ3) is 8.18. The van der Waals surface area contributed by atoms with E-state index in [2.05, 4.69) is 36.5 Å². The second-order valence-corrected chi connectivity index (χ2v) is 11.9. The third-order valence-corrected chi connectivity index (χ3v) is 8.89. The summed E-state index contributed by atoms with van der Waals surface area (Å²) in [6, 6.07) is 19.2. The third-order valence-electron chi connectivity index (χ3n) is 7.16. The van der Waals surface area contributed by atoms with E-state index in [1.54, 1.807) is 61.8 Å². The Hall–Kier alpha value is -4.71. The highest BCUT2D eigenvalue weighted by molar-refractivity contribution is 9.10. The molecule has 0 fully saturated rings. The number of imidazole rings is 1. The molecule has 13 heteroatoms. The van der Waals surface area contributed by atoms with Crippen molar-refractivity contribution in [1.82, 2.24) is 25.0 Å². The molecule has 0 unspecified atom stereocenters. The molecule has 0 radical (unpaired) electrons. The molecule has 240 valence electrons. The first-order valence-corrected chi connectivity index (χ1v) is 15.9. The summed E-state index contributed by atoms with van der Waals surface area (Å²) in [4.78, 5) is 47.9. The van der Waals surface area contributed by atoms with Gasteiger partial charge in [-0.3, -0.25) is 23.8 Å². The van der Waals surface area contributed by atoms with E-state index in [0.29, 0.717) is 45.3 Å². The van der Waals surface area contributed by atoms with E-state index in [-0.39, 0.29) is 24.1 Å². The maximum Gasteiger partial charge on any atom is 0.251 e. The van der Waals surface area contributed by atoms with Crippen molar-refractivity contribution in [2.24, 2.45) is 0 Å². The molecular formula is C34H29BrCl2N6O4. The number of amides is 3. The van der Waals surface area contributed by atoms with Gasteiger partial charge in [0, 0.05) is 41.7 Å². The zero-order valence-corrected chi connectivity index (χ0v) is 28.4. The fourth-order valence-electron chi connectivity index (χ4n) is 4.53. The number of pyridine rings is 2. The number of aromatic nitrogens is 3. The van der Waals surface area contributed by atoms with Crippen molar-refractivity contribution >= 4 is 74.3 Å². The Kier molecular flexibility index (Phi) is 10.9. The molecule has 5 aromatic rings. The minimum Gasteiger partial charge on any atom is -0.485 e. The lowest BCUT2D eigenvalue weighted by molar-refractivity contribution is -0.122. The summed E-state index contributed by atoms with van der Waals surface area (Å²) in [6.45, 7) is 1.97. The average Bonchev–Trinajstić information content (AvgIpc) is 3.38. The summed E-state index contributed by atoms with van der Waals surface area (Å²) in [6.07, 6.45) is 6.44. The van der Waals surface area contributed by atoms with Gasteiger partial charge in [-0.2, -0.15) is 0 Å². The van der Waals surface area contributed by atoms with Crippen LogP contribution in [0.3, 0.4) is 0 Å². The molecule has 10 nitrogen and oxygen atoms in total. The number of benzene rings is 2. The van der Waals surface area contributed by atoms with Gasteiger partial charge in [-0.1, -0.05) is 41.4 Å². The zero-order chi connectivity index (χ0) is 33.5. The van der Waals surface area contributed by atoms with Crippen LogP contribution in [-0.2, 0) is 22.7 Å². The second-order valence-electron chi connectivity index (χ2n) is 10.3. The molecule has 0 saturated heterocycles. The van der Waals surface area contributed by atoms with Gasteiger partial charge >= 0.3 is 0 Å². The van der Waals surface area contributed by atoms with Crippen molar-refractivity contribution in [3.63, 3.8) is 0 Å². The fraction of sp³-hybridized carbons (Fsp3) is 0.147. The van der Waals surface area contributed by atoms with Crippen LogP contribution >= 0.6 is 39.1 Å². The Balaban J connectivity index is 1.14. The van der Waals surface area contributed by atoms with Crippen molar-refractivity contribution in [3.8, 4) is 5.75 Å². The summed E-state index contributed by atoms with van der Waals surface area (Å²) >= 11 is 16.7. The normalized spacial score (nSPS) is 11.1. The van der Waals surface area contributed by atoms with E-state index in [0.717, 1.165) is 16.0 Å². The lowest BCUT2D eigenvalue weighted by Crippen LogP contribution is -2.37.